The zero-order valence-electron chi connectivity index (χ0n) is 10.3. The van der Waals surface area contributed by atoms with E-state index in [0.717, 1.165) is 12.1 Å². The Kier molecular flexibility index (Phi) is 5.34. The van der Waals surface area contributed by atoms with E-state index in [9.17, 15) is 17.6 Å². The van der Waals surface area contributed by atoms with E-state index in [1.54, 1.807) is 13.8 Å². The van der Waals surface area contributed by atoms with Gasteiger partial charge in [0.2, 0.25) is 0 Å². The fourth-order valence-corrected chi connectivity index (χ4v) is 3.73. The minimum absolute atomic E-state index is 0.0175. The molecular weight excluding hydrogens is 361 g/mol. The van der Waals surface area contributed by atoms with E-state index in [1.165, 1.54) is 4.90 Å². The Labute approximate surface area is 124 Å². The van der Waals surface area contributed by atoms with Gasteiger partial charge in [-0.25, -0.2) is 12.8 Å². The molecule has 1 aromatic rings. The van der Waals surface area contributed by atoms with Crippen LogP contribution in [0.25, 0.3) is 0 Å². The summed E-state index contributed by atoms with van der Waals surface area (Å²) in [6.07, 6.45) is 0. The number of hydrogen-bond donors (Lipinski definition) is 0. The SMILES string of the molecule is CCN(CC)C(=O)c1cc(S(=O)(=O)Cl)c(Br)cc1F. The first kappa shape index (κ1) is 16.4. The van der Waals surface area contributed by atoms with Gasteiger partial charge in [-0.2, -0.15) is 0 Å². The molecule has 1 rings (SSSR count). The fourth-order valence-electron chi connectivity index (χ4n) is 1.56. The second kappa shape index (κ2) is 6.19. The van der Waals surface area contributed by atoms with Crippen molar-refractivity contribution in [2.45, 2.75) is 18.7 Å². The van der Waals surface area contributed by atoms with Gasteiger partial charge in [-0.3, -0.25) is 4.79 Å². The minimum Gasteiger partial charge on any atom is -0.339 e. The van der Waals surface area contributed by atoms with Crippen LogP contribution in [0, 0.1) is 5.82 Å². The second-order valence-electron chi connectivity index (χ2n) is 3.68. The van der Waals surface area contributed by atoms with Crippen molar-refractivity contribution in [3.63, 3.8) is 0 Å². The predicted octanol–water partition coefficient (Wildman–Crippen LogP) is 3.00. The fraction of sp³-hybridized carbons (Fsp3) is 0.364. The number of nitrogens with zero attached hydrogens (tertiary/aromatic N) is 1. The first-order valence-electron chi connectivity index (χ1n) is 5.45. The van der Waals surface area contributed by atoms with Crippen molar-refractivity contribution in [3.8, 4) is 0 Å². The topological polar surface area (TPSA) is 54.5 Å². The number of hydrogen-bond acceptors (Lipinski definition) is 3. The van der Waals surface area contributed by atoms with E-state index in [0.29, 0.717) is 13.1 Å². The van der Waals surface area contributed by atoms with Gasteiger partial charge in [0.25, 0.3) is 15.0 Å². The molecule has 0 N–H and O–H groups in total. The summed E-state index contributed by atoms with van der Waals surface area (Å²) >= 11 is 2.91. The highest BCUT2D eigenvalue weighted by molar-refractivity contribution is 9.10. The van der Waals surface area contributed by atoms with Gasteiger partial charge in [-0.05, 0) is 41.9 Å². The van der Waals surface area contributed by atoms with Gasteiger partial charge in [0.05, 0.1) is 10.5 Å². The van der Waals surface area contributed by atoms with Gasteiger partial charge < -0.3 is 4.90 Å². The number of carbonyl (C=O) groups is 1. The lowest BCUT2D eigenvalue weighted by atomic mass is 10.2. The largest absolute Gasteiger partial charge is 0.339 e. The third kappa shape index (κ3) is 3.67. The summed E-state index contributed by atoms with van der Waals surface area (Å²) in [4.78, 5) is 13.1. The molecule has 0 aliphatic carbocycles. The average molecular weight is 373 g/mol. The molecule has 19 heavy (non-hydrogen) atoms. The molecule has 0 heterocycles. The van der Waals surface area contributed by atoms with Crippen molar-refractivity contribution in [1.82, 2.24) is 4.90 Å². The Balaban J connectivity index is 3.41. The molecule has 0 saturated heterocycles. The van der Waals surface area contributed by atoms with Crippen LogP contribution in [0.15, 0.2) is 21.5 Å². The monoisotopic (exact) mass is 371 g/mol. The Morgan fingerprint density at radius 3 is 2.32 bits per heavy atom. The maximum atomic E-state index is 13.8. The molecule has 0 radical (unpaired) electrons. The molecule has 1 aromatic carbocycles. The number of halogens is 3. The third-order valence-corrected chi connectivity index (χ3v) is 4.85. The Morgan fingerprint density at radius 2 is 1.89 bits per heavy atom. The smallest absolute Gasteiger partial charge is 0.262 e. The highest BCUT2D eigenvalue weighted by Gasteiger charge is 2.23. The first-order chi connectivity index (χ1) is 8.72. The van der Waals surface area contributed by atoms with Gasteiger partial charge in [-0.15, -0.1) is 0 Å². The zero-order valence-corrected chi connectivity index (χ0v) is 13.4. The van der Waals surface area contributed by atoms with E-state index in [1.807, 2.05) is 0 Å². The summed E-state index contributed by atoms with van der Waals surface area (Å²) in [5.74, 6) is -1.37. The van der Waals surface area contributed by atoms with Crippen LogP contribution in [-0.2, 0) is 9.05 Å². The van der Waals surface area contributed by atoms with E-state index >= 15 is 0 Å². The maximum absolute atomic E-state index is 13.8. The highest BCUT2D eigenvalue weighted by Crippen LogP contribution is 2.28. The minimum atomic E-state index is -4.06. The quantitative estimate of drug-likeness (QED) is 0.764. The number of carbonyl (C=O) groups excluding carboxylic acids is 1. The molecule has 0 aliphatic rings. The highest BCUT2D eigenvalue weighted by atomic mass is 79.9. The van der Waals surface area contributed by atoms with E-state index in [4.69, 9.17) is 10.7 Å². The zero-order chi connectivity index (χ0) is 14.8. The van der Waals surface area contributed by atoms with Gasteiger partial charge >= 0.3 is 0 Å². The number of benzene rings is 1. The summed E-state index contributed by atoms with van der Waals surface area (Å²) in [6.45, 7) is 4.29. The van der Waals surface area contributed by atoms with E-state index in [2.05, 4.69) is 15.9 Å². The second-order valence-corrected chi connectivity index (χ2v) is 7.07. The van der Waals surface area contributed by atoms with Crippen LogP contribution in [0.2, 0.25) is 0 Å². The van der Waals surface area contributed by atoms with E-state index in [-0.39, 0.29) is 14.9 Å². The van der Waals surface area contributed by atoms with Crippen LogP contribution in [0.1, 0.15) is 24.2 Å². The van der Waals surface area contributed by atoms with Crippen LogP contribution in [0.3, 0.4) is 0 Å². The summed E-state index contributed by atoms with van der Waals surface area (Å²) in [6, 6.07) is 1.87. The molecule has 0 saturated carbocycles. The van der Waals surface area contributed by atoms with Crippen molar-refractivity contribution in [3.05, 3.63) is 28.0 Å². The van der Waals surface area contributed by atoms with Crippen LogP contribution in [0.4, 0.5) is 4.39 Å². The standard InChI is InChI=1S/C11H12BrClFNO3S/c1-3-15(4-2)11(16)7-5-10(19(13,17)18)8(12)6-9(7)14/h5-6H,3-4H2,1-2H3. The molecule has 1 amide bonds. The van der Waals surface area contributed by atoms with Crippen LogP contribution in [0.5, 0.6) is 0 Å². The van der Waals surface area contributed by atoms with Crippen molar-refractivity contribution in [2.24, 2.45) is 0 Å². The van der Waals surface area contributed by atoms with Gasteiger partial charge in [0.1, 0.15) is 5.82 Å². The van der Waals surface area contributed by atoms with Crippen molar-refractivity contribution in [1.29, 1.82) is 0 Å². The Morgan fingerprint density at radius 1 is 1.37 bits per heavy atom. The molecule has 8 heteroatoms. The molecular formula is C11H12BrClFNO3S. The maximum Gasteiger partial charge on any atom is 0.262 e. The van der Waals surface area contributed by atoms with Crippen molar-refractivity contribution >= 4 is 41.6 Å². The summed E-state index contributed by atoms with van der Waals surface area (Å²) in [7, 11) is 1.18. The van der Waals surface area contributed by atoms with Gasteiger partial charge in [-0.1, -0.05) is 0 Å². The summed E-state index contributed by atoms with van der Waals surface area (Å²) in [5, 5.41) is 0. The molecule has 106 valence electrons. The Hall–Kier alpha value is -0.660. The average Bonchev–Trinajstić information content (AvgIpc) is 2.28. The summed E-state index contributed by atoms with van der Waals surface area (Å²) in [5.41, 5.74) is -0.314. The lowest BCUT2D eigenvalue weighted by molar-refractivity contribution is 0.0768. The molecule has 0 atom stereocenters. The normalized spacial score (nSPS) is 11.4. The van der Waals surface area contributed by atoms with Gasteiger partial charge in [0.15, 0.2) is 0 Å². The van der Waals surface area contributed by atoms with E-state index < -0.39 is 20.8 Å². The molecule has 0 aromatic heterocycles. The lowest BCUT2D eigenvalue weighted by Gasteiger charge is -2.19. The molecule has 0 bridgehead atoms. The molecule has 0 fully saturated rings. The molecule has 4 nitrogen and oxygen atoms in total. The van der Waals surface area contributed by atoms with Crippen molar-refractivity contribution in [2.75, 3.05) is 13.1 Å². The first-order valence-corrected chi connectivity index (χ1v) is 8.55. The molecule has 0 aliphatic heterocycles. The van der Waals surface area contributed by atoms with Gasteiger partial charge in [0, 0.05) is 28.2 Å². The molecule has 0 spiro atoms. The Bertz CT molecular complexity index is 602. The van der Waals surface area contributed by atoms with Crippen LogP contribution < -0.4 is 0 Å². The van der Waals surface area contributed by atoms with Crippen LogP contribution >= 0.6 is 26.6 Å². The lowest BCUT2D eigenvalue weighted by Crippen LogP contribution is -2.31. The number of amides is 1. The van der Waals surface area contributed by atoms with Crippen molar-refractivity contribution < 1.29 is 17.6 Å². The predicted molar refractivity (Wildman–Crippen MR) is 74.4 cm³/mol. The number of rotatable bonds is 4. The summed E-state index contributed by atoms with van der Waals surface area (Å²) < 4.78 is 36.4. The van der Waals surface area contributed by atoms with Crippen LogP contribution in [-0.4, -0.2) is 32.3 Å². The molecule has 0 unspecified atom stereocenters. The third-order valence-electron chi connectivity index (χ3n) is 2.57.